The molecule has 0 spiro atoms. The minimum atomic E-state index is -0.633. The van der Waals surface area contributed by atoms with Crippen LogP contribution in [0, 0.1) is 12.7 Å². The summed E-state index contributed by atoms with van der Waals surface area (Å²) in [6.07, 6.45) is 0. The first-order valence-electron chi connectivity index (χ1n) is 5.69. The van der Waals surface area contributed by atoms with Gasteiger partial charge in [-0.05, 0) is 31.2 Å². The van der Waals surface area contributed by atoms with E-state index in [1.54, 1.807) is 11.7 Å². The predicted octanol–water partition coefficient (Wildman–Crippen LogP) is 1.81. The van der Waals surface area contributed by atoms with Gasteiger partial charge in [0.05, 0.1) is 22.6 Å². The summed E-state index contributed by atoms with van der Waals surface area (Å²) in [7, 11) is 1.76. The Morgan fingerprint density at radius 1 is 1.47 bits per heavy atom. The zero-order valence-electron chi connectivity index (χ0n) is 10.7. The Morgan fingerprint density at radius 3 is 2.79 bits per heavy atom. The van der Waals surface area contributed by atoms with E-state index in [-0.39, 0.29) is 17.9 Å². The van der Waals surface area contributed by atoms with E-state index in [0.717, 1.165) is 17.5 Å². The summed E-state index contributed by atoms with van der Waals surface area (Å²) in [4.78, 5) is 11.7. The number of esters is 1. The highest BCUT2D eigenvalue weighted by molar-refractivity contribution is 5.89. The molecule has 0 bridgehead atoms. The van der Waals surface area contributed by atoms with Gasteiger partial charge in [-0.25, -0.2) is 9.18 Å². The summed E-state index contributed by atoms with van der Waals surface area (Å²) in [5, 5.41) is 4.14. The number of hydrogen-bond donors (Lipinski definition) is 1. The van der Waals surface area contributed by atoms with Gasteiger partial charge in [0.2, 0.25) is 0 Å². The summed E-state index contributed by atoms with van der Waals surface area (Å²) < 4.78 is 20.0. The summed E-state index contributed by atoms with van der Waals surface area (Å²) in [5.41, 5.74) is 7.07. The van der Waals surface area contributed by atoms with E-state index in [1.807, 2.05) is 13.0 Å². The lowest BCUT2D eigenvalue weighted by Gasteiger charge is -2.05. The molecule has 100 valence electrons. The van der Waals surface area contributed by atoms with Crippen LogP contribution in [0.25, 0.3) is 0 Å². The van der Waals surface area contributed by atoms with Crippen molar-refractivity contribution in [1.82, 2.24) is 9.78 Å². The first-order valence-corrected chi connectivity index (χ1v) is 5.69. The van der Waals surface area contributed by atoms with Gasteiger partial charge in [0, 0.05) is 7.05 Å². The number of benzene rings is 1. The molecule has 1 aromatic carbocycles. The topological polar surface area (TPSA) is 70.1 Å². The van der Waals surface area contributed by atoms with Crippen molar-refractivity contribution in [2.24, 2.45) is 7.05 Å². The molecule has 0 saturated heterocycles. The molecule has 5 nitrogen and oxygen atoms in total. The van der Waals surface area contributed by atoms with Gasteiger partial charge >= 0.3 is 5.97 Å². The molecule has 1 aromatic heterocycles. The molecule has 0 aliphatic heterocycles. The summed E-state index contributed by atoms with van der Waals surface area (Å²) in [6.45, 7) is 1.93. The Balaban J connectivity index is 2.05. The number of ether oxygens (including phenoxy) is 1. The standard InChI is InChI=1S/C13H14FN3O2/c1-8-5-10(17(2)16-8)7-19-13(18)9-3-4-12(15)11(14)6-9/h3-6H,7,15H2,1-2H3. The summed E-state index contributed by atoms with van der Waals surface area (Å²) in [6, 6.07) is 5.64. The molecule has 0 atom stereocenters. The van der Waals surface area contributed by atoms with Crippen LogP contribution >= 0.6 is 0 Å². The molecule has 2 rings (SSSR count). The average Bonchev–Trinajstić information content (AvgIpc) is 2.68. The fourth-order valence-electron chi connectivity index (χ4n) is 1.68. The molecule has 0 unspecified atom stereocenters. The second-order valence-corrected chi connectivity index (χ2v) is 4.21. The van der Waals surface area contributed by atoms with Crippen LogP contribution in [0.3, 0.4) is 0 Å². The van der Waals surface area contributed by atoms with E-state index in [9.17, 15) is 9.18 Å². The predicted molar refractivity (Wildman–Crippen MR) is 67.9 cm³/mol. The van der Waals surface area contributed by atoms with Crippen molar-refractivity contribution < 1.29 is 13.9 Å². The van der Waals surface area contributed by atoms with Crippen molar-refractivity contribution >= 4 is 11.7 Å². The third-order valence-electron chi connectivity index (χ3n) is 2.69. The number of anilines is 1. The monoisotopic (exact) mass is 263 g/mol. The van der Waals surface area contributed by atoms with Gasteiger partial charge in [0.25, 0.3) is 0 Å². The number of halogens is 1. The maximum absolute atomic E-state index is 13.2. The van der Waals surface area contributed by atoms with Gasteiger partial charge in [-0.15, -0.1) is 0 Å². The van der Waals surface area contributed by atoms with E-state index in [2.05, 4.69) is 5.10 Å². The van der Waals surface area contributed by atoms with Crippen molar-refractivity contribution in [2.75, 3.05) is 5.73 Å². The van der Waals surface area contributed by atoms with E-state index < -0.39 is 11.8 Å². The van der Waals surface area contributed by atoms with Crippen LogP contribution in [0.4, 0.5) is 10.1 Å². The number of aromatic nitrogens is 2. The third-order valence-corrected chi connectivity index (χ3v) is 2.69. The fraction of sp³-hybridized carbons (Fsp3) is 0.231. The number of nitrogen functional groups attached to an aromatic ring is 1. The van der Waals surface area contributed by atoms with E-state index in [4.69, 9.17) is 10.5 Å². The minimum absolute atomic E-state index is 0.00110. The van der Waals surface area contributed by atoms with Crippen LogP contribution < -0.4 is 5.73 Å². The number of hydrogen-bond acceptors (Lipinski definition) is 4. The molecule has 1 heterocycles. The van der Waals surface area contributed by atoms with Crippen LogP contribution in [-0.4, -0.2) is 15.7 Å². The fourth-order valence-corrected chi connectivity index (χ4v) is 1.68. The van der Waals surface area contributed by atoms with E-state index in [0.29, 0.717) is 0 Å². The molecule has 0 aliphatic carbocycles. The molecule has 0 amide bonds. The molecule has 2 aromatic rings. The largest absolute Gasteiger partial charge is 0.456 e. The molecular weight excluding hydrogens is 249 g/mol. The maximum Gasteiger partial charge on any atom is 0.338 e. The molecule has 0 aliphatic rings. The minimum Gasteiger partial charge on any atom is -0.456 e. The van der Waals surface area contributed by atoms with Crippen molar-refractivity contribution in [3.8, 4) is 0 Å². The smallest absolute Gasteiger partial charge is 0.338 e. The lowest BCUT2D eigenvalue weighted by molar-refractivity contribution is 0.0463. The normalized spacial score (nSPS) is 10.5. The van der Waals surface area contributed by atoms with Crippen molar-refractivity contribution in [3.05, 3.63) is 47.0 Å². The van der Waals surface area contributed by atoms with Gasteiger partial charge < -0.3 is 10.5 Å². The SMILES string of the molecule is Cc1cc(COC(=O)c2ccc(N)c(F)c2)n(C)n1. The molecule has 6 heteroatoms. The van der Waals surface area contributed by atoms with E-state index >= 15 is 0 Å². The van der Waals surface area contributed by atoms with Crippen LogP contribution in [-0.2, 0) is 18.4 Å². The van der Waals surface area contributed by atoms with Gasteiger partial charge in [-0.2, -0.15) is 5.10 Å². The molecule has 0 radical (unpaired) electrons. The molecule has 0 fully saturated rings. The molecular formula is C13H14FN3O2. The van der Waals surface area contributed by atoms with Crippen molar-refractivity contribution in [3.63, 3.8) is 0 Å². The molecule has 19 heavy (non-hydrogen) atoms. The van der Waals surface area contributed by atoms with Crippen LogP contribution in [0.15, 0.2) is 24.3 Å². The van der Waals surface area contributed by atoms with Gasteiger partial charge in [-0.1, -0.05) is 0 Å². The van der Waals surface area contributed by atoms with Crippen molar-refractivity contribution in [1.29, 1.82) is 0 Å². The second kappa shape index (κ2) is 5.09. The van der Waals surface area contributed by atoms with Gasteiger partial charge in [0.1, 0.15) is 12.4 Å². The van der Waals surface area contributed by atoms with E-state index in [1.165, 1.54) is 12.1 Å². The number of carbonyl (C=O) groups is 1. The molecule has 0 saturated carbocycles. The van der Waals surface area contributed by atoms with Crippen LogP contribution in [0.5, 0.6) is 0 Å². The summed E-state index contributed by atoms with van der Waals surface area (Å²) >= 11 is 0. The first kappa shape index (κ1) is 13.1. The number of aryl methyl sites for hydroxylation is 2. The quantitative estimate of drug-likeness (QED) is 0.677. The highest BCUT2D eigenvalue weighted by Gasteiger charge is 2.11. The van der Waals surface area contributed by atoms with Gasteiger partial charge in [-0.3, -0.25) is 4.68 Å². The highest BCUT2D eigenvalue weighted by Crippen LogP contribution is 2.13. The lowest BCUT2D eigenvalue weighted by Crippen LogP contribution is -2.08. The number of nitrogens with zero attached hydrogens (tertiary/aromatic N) is 2. The lowest BCUT2D eigenvalue weighted by atomic mass is 10.2. The third kappa shape index (κ3) is 2.90. The summed E-state index contributed by atoms with van der Waals surface area (Å²) in [5.74, 6) is -1.23. The van der Waals surface area contributed by atoms with Gasteiger partial charge in [0.15, 0.2) is 0 Å². The van der Waals surface area contributed by atoms with Crippen LogP contribution in [0.2, 0.25) is 0 Å². The molecule has 2 N–H and O–H groups in total. The van der Waals surface area contributed by atoms with Crippen LogP contribution in [0.1, 0.15) is 21.7 Å². The maximum atomic E-state index is 13.2. The zero-order chi connectivity index (χ0) is 14.0. The Hall–Kier alpha value is -2.37. The first-order chi connectivity index (χ1) is 8.97. The van der Waals surface area contributed by atoms with Crippen molar-refractivity contribution in [2.45, 2.75) is 13.5 Å². The Kier molecular flexibility index (Phi) is 3.50. The number of rotatable bonds is 3. The number of nitrogens with two attached hydrogens (primary N) is 1. The highest BCUT2D eigenvalue weighted by atomic mass is 19.1. The number of carbonyl (C=O) groups excluding carboxylic acids is 1. The Labute approximate surface area is 109 Å². The Bertz CT molecular complexity index is 622. The Morgan fingerprint density at radius 2 is 2.21 bits per heavy atom. The zero-order valence-corrected chi connectivity index (χ0v) is 10.7. The second-order valence-electron chi connectivity index (χ2n) is 4.21. The average molecular weight is 263 g/mol.